The Morgan fingerprint density at radius 2 is 1.73 bits per heavy atom. The third kappa shape index (κ3) is 4.10. The lowest BCUT2D eigenvalue weighted by atomic mass is 10.0. The Kier molecular flexibility index (Phi) is 5.61. The number of hydrogen-bond acceptors (Lipinski definition) is 2. The molecule has 5 nitrogen and oxygen atoms in total. The fraction of sp³-hybridized carbons (Fsp3) is 0.179. The molecule has 1 aliphatic rings. The normalized spacial score (nSPS) is 14.7. The molecule has 0 saturated heterocycles. The molecule has 166 valence electrons. The van der Waals surface area contributed by atoms with E-state index in [0.717, 1.165) is 33.9 Å². The molecule has 0 aliphatic carbocycles. The SMILES string of the molecule is CCOc1ccc(NC(=O)N2Cc3ccccc3-n3cccc3[C@H]2c2ccc(C)cc2)cc1. The van der Waals surface area contributed by atoms with Crippen LogP contribution in [0.5, 0.6) is 5.75 Å². The van der Waals surface area contributed by atoms with Gasteiger partial charge in [-0.05, 0) is 67.4 Å². The zero-order valence-corrected chi connectivity index (χ0v) is 18.9. The van der Waals surface area contributed by atoms with Gasteiger partial charge in [-0.2, -0.15) is 0 Å². The van der Waals surface area contributed by atoms with Gasteiger partial charge in [0.05, 0.1) is 24.9 Å². The third-order valence-electron chi connectivity index (χ3n) is 6.03. The van der Waals surface area contributed by atoms with Crippen molar-refractivity contribution >= 4 is 11.7 Å². The molecular formula is C28H27N3O2. The lowest BCUT2D eigenvalue weighted by Crippen LogP contribution is -2.37. The van der Waals surface area contributed by atoms with Gasteiger partial charge in [0.25, 0.3) is 0 Å². The molecule has 0 unspecified atom stereocenters. The van der Waals surface area contributed by atoms with Gasteiger partial charge in [-0.15, -0.1) is 0 Å². The van der Waals surface area contributed by atoms with E-state index in [1.54, 1.807) is 0 Å². The van der Waals surface area contributed by atoms with Crippen LogP contribution in [-0.2, 0) is 6.54 Å². The second-order valence-corrected chi connectivity index (χ2v) is 8.26. The molecular weight excluding hydrogens is 410 g/mol. The summed E-state index contributed by atoms with van der Waals surface area (Å²) in [6.07, 6.45) is 2.07. The Morgan fingerprint density at radius 1 is 0.970 bits per heavy atom. The number of benzene rings is 3. The number of nitrogens with one attached hydrogen (secondary N) is 1. The number of carbonyl (C=O) groups excluding carboxylic acids is 1. The van der Waals surface area contributed by atoms with Crippen molar-refractivity contribution in [2.24, 2.45) is 0 Å². The highest BCUT2D eigenvalue weighted by atomic mass is 16.5. The largest absolute Gasteiger partial charge is 0.494 e. The smallest absolute Gasteiger partial charge is 0.322 e. The molecule has 0 saturated carbocycles. The lowest BCUT2D eigenvalue weighted by Gasteiger charge is -2.31. The number of urea groups is 1. The summed E-state index contributed by atoms with van der Waals surface area (Å²) in [5.41, 5.74) is 6.27. The predicted molar refractivity (Wildman–Crippen MR) is 131 cm³/mol. The minimum absolute atomic E-state index is 0.144. The molecule has 1 aliphatic heterocycles. The van der Waals surface area contributed by atoms with Crippen molar-refractivity contribution in [3.8, 4) is 11.4 Å². The van der Waals surface area contributed by atoms with Crippen LogP contribution in [0.1, 0.15) is 35.3 Å². The van der Waals surface area contributed by atoms with Crippen LogP contribution in [-0.4, -0.2) is 22.1 Å². The molecule has 0 radical (unpaired) electrons. The second-order valence-electron chi connectivity index (χ2n) is 8.26. The molecule has 0 fully saturated rings. The number of anilines is 1. The minimum Gasteiger partial charge on any atom is -0.494 e. The third-order valence-corrected chi connectivity index (χ3v) is 6.03. The summed E-state index contributed by atoms with van der Waals surface area (Å²) in [6.45, 7) is 5.13. The second kappa shape index (κ2) is 8.87. The Labute approximate surface area is 194 Å². The first-order chi connectivity index (χ1) is 16.1. The number of ether oxygens (including phenoxy) is 1. The maximum Gasteiger partial charge on any atom is 0.322 e. The molecule has 3 aromatic carbocycles. The van der Waals surface area contributed by atoms with Gasteiger partial charge in [-0.25, -0.2) is 4.79 Å². The maximum atomic E-state index is 13.7. The van der Waals surface area contributed by atoms with E-state index in [9.17, 15) is 4.79 Å². The monoisotopic (exact) mass is 437 g/mol. The van der Waals surface area contributed by atoms with E-state index in [-0.39, 0.29) is 12.1 Å². The van der Waals surface area contributed by atoms with Crippen molar-refractivity contribution in [3.63, 3.8) is 0 Å². The van der Waals surface area contributed by atoms with Gasteiger partial charge in [0.1, 0.15) is 5.75 Å². The Bertz CT molecular complexity index is 1260. The van der Waals surface area contributed by atoms with Gasteiger partial charge in [0.15, 0.2) is 0 Å². The molecule has 1 atom stereocenters. The Morgan fingerprint density at radius 3 is 2.48 bits per heavy atom. The number of amides is 2. The Balaban J connectivity index is 1.55. The first kappa shape index (κ1) is 20.9. The van der Waals surface area contributed by atoms with E-state index < -0.39 is 0 Å². The molecule has 1 N–H and O–H groups in total. The lowest BCUT2D eigenvalue weighted by molar-refractivity contribution is 0.194. The van der Waals surface area contributed by atoms with Gasteiger partial charge in [0.2, 0.25) is 0 Å². The van der Waals surface area contributed by atoms with E-state index in [1.165, 1.54) is 5.56 Å². The van der Waals surface area contributed by atoms with Crippen LogP contribution in [0, 0.1) is 6.92 Å². The average molecular weight is 438 g/mol. The number of carbonyl (C=O) groups is 1. The van der Waals surface area contributed by atoms with Crippen LogP contribution >= 0.6 is 0 Å². The van der Waals surface area contributed by atoms with Crippen molar-refractivity contribution in [2.45, 2.75) is 26.4 Å². The highest BCUT2D eigenvalue weighted by Crippen LogP contribution is 2.37. The van der Waals surface area contributed by atoms with Crippen molar-refractivity contribution in [3.05, 3.63) is 114 Å². The van der Waals surface area contributed by atoms with Crippen LogP contribution in [0.25, 0.3) is 5.69 Å². The van der Waals surface area contributed by atoms with Gasteiger partial charge in [-0.3, -0.25) is 0 Å². The number of nitrogens with zero attached hydrogens (tertiary/aromatic N) is 2. The highest BCUT2D eigenvalue weighted by Gasteiger charge is 2.32. The summed E-state index contributed by atoms with van der Waals surface area (Å²) >= 11 is 0. The molecule has 0 bridgehead atoms. The van der Waals surface area contributed by atoms with Crippen LogP contribution in [0.3, 0.4) is 0 Å². The van der Waals surface area contributed by atoms with Crippen molar-refractivity contribution in [2.75, 3.05) is 11.9 Å². The van der Waals surface area contributed by atoms with Crippen LogP contribution < -0.4 is 10.1 Å². The van der Waals surface area contributed by atoms with Gasteiger partial charge in [0, 0.05) is 17.6 Å². The van der Waals surface area contributed by atoms with Gasteiger partial charge < -0.3 is 19.5 Å². The van der Waals surface area contributed by atoms with Crippen molar-refractivity contribution in [1.29, 1.82) is 0 Å². The number of aryl methyl sites for hydroxylation is 1. The van der Waals surface area contributed by atoms with E-state index in [2.05, 4.69) is 65.5 Å². The molecule has 1 aromatic heterocycles. The van der Waals surface area contributed by atoms with Crippen LogP contribution in [0.4, 0.5) is 10.5 Å². The summed E-state index contributed by atoms with van der Waals surface area (Å²) in [6, 6.07) is 28.0. The van der Waals surface area contributed by atoms with Crippen molar-refractivity contribution in [1.82, 2.24) is 9.47 Å². The van der Waals surface area contributed by atoms with E-state index in [1.807, 2.05) is 54.3 Å². The summed E-state index contributed by atoms with van der Waals surface area (Å²) in [4.78, 5) is 15.6. The number of rotatable bonds is 4. The summed E-state index contributed by atoms with van der Waals surface area (Å²) < 4.78 is 7.72. The summed E-state index contributed by atoms with van der Waals surface area (Å²) in [5.74, 6) is 0.787. The van der Waals surface area contributed by atoms with Gasteiger partial charge in [-0.1, -0.05) is 48.0 Å². The fourth-order valence-electron chi connectivity index (χ4n) is 4.44. The maximum absolute atomic E-state index is 13.7. The van der Waals surface area contributed by atoms with Gasteiger partial charge >= 0.3 is 6.03 Å². The molecule has 0 spiro atoms. The number of para-hydroxylation sites is 1. The van der Waals surface area contributed by atoms with E-state index in [4.69, 9.17) is 4.74 Å². The van der Waals surface area contributed by atoms with Crippen LogP contribution in [0.15, 0.2) is 91.1 Å². The molecule has 2 amide bonds. The predicted octanol–water partition coefficient (Wildman–Crippen LogP) is 6.32. The minimum atomic E-state index is -0.226. The zero-order chi connectivity index (χ0) is 22.8. The zero-order valence-electron chi connectivity index (χ0n) is 18.9. The first-order valence-electron chi connectivity index (χ1n) is 11.3. The molecule has 2 heterocycles. The molecule has 4 aromatic rings. The topological polar surface area (TPSA) is 46.5 Å². The first-order valence-corrected chi connectivity index (χ1v) is 11.3. The number of hydrogen-bond donors (Lipinski definition) is 1. The highest BCUT2D eigenvalue weighted by molar-refractivity contribution is 5.90. The molecule has 5 rings (SSSR count). The van der Waals surface area contributed by atoms with E-state index in [0.29, 0.717) is 13.2 Å². The number of fused-ring (bicyclic) bond motifs is 3. The average Bonchev–Trinajstić information content (AvgIpc) is 3.26. The number of aromatic nitrogens is 1. The quantitative estimate of drug-likeness (QED) is 0.406. The van der Waals surface area contributed by atoms with E-state index >= 15 is 0 Å². The van der Waals surface area contributed by atoms with Crippen LogP contribution in [0.2, 0.25) is 0 Å². The summed E-state index contributed by atoms with van der Waals surface area (Å²) in [7, 11) is 0. The summed E-state index contributed by atoms with van der Waals surface area (Å²) in [5, 5.41) is 3.10. The van der Waals surface area contributed by atoms with Crippen molar-refractivity contribution < 1.29 is 9.53 Å². The standard InChI is InChI=1S/C28H27N3O2/c1-3-33-24-16-14-23(15-17-24)29-28(32)31-19-22-7-4-5-8-25(22)30-18-6-9-26(30)27(31)21-12-10-20(2)11-13-21/h4-18,27H,3,19H2,1-2H3,(H,29,32)/t27-/m1/s1. The molecule has 33 heavy (non-hydrogen) atoms. The molecule has 5 heteroatoms. The Hall–Kier alpha value is -3.99. The fourth-order valence-corrected chi connectivity index (χ4v) is 4.44.